The van der Waals surface area contributed by atoms with E-state index in [2.05, 4.69) is 0 Å². The molecule has 0 unspecified atom stereocenters. The Morgan fingerprint density at radius 2 is 1.68 bits per heavy atom. The van der Waals surface area contributed by atoms with Crippen molar-refractivity contribution in [1.82, 2.24) is 5.32 Å². The molecule has 0 saturated carbocycles. The molecule has 6 N–H and O–H groups in total. The van der Waals surface area contributed by atoms with Gasteiger partial charge in [-0.3, -0.25) is 14.1 Å². The van der Waals surface area contributed by atoms with Crippen molar-refractivity contribution < 1.29 is 37.6 Å². The number of nitrogens with one attached hydrogen (secondary N) is 1. The monoisotopic (exact) mass is 298 g/mol. The zero-order valence-corrected chi connectivity index (χ0v) is 10.5. The van der Waals surface area contributed by atoms with Crippen molar-refractivity contribution in [3.63, 3.8) is 0 Å². The Morgan fingerprint density at radius 3 is 2.05 bits per heavy atom. The largest absolute Gasteiger partial charge is 0.480 e. The lowest BCUT2D eigenvalue weighted by Gasteiger charge is -2.13. The summed E-state index contributed by atoms with van der Waals surface area (Å²) in [5.41, 5.74) is 5.13. The van der Waals surface area contributed by atoms with E-state index in [1.54, 1.807) is 0 Å². The third-order valence-corrected chi connectivity index (χ3v) is 2.76. The van der Waals surface area contributed by atoms with Gasteiger partial charge in [0, 0.05) is 6.42 Å². The number of aliphatic carboxylic acids is 2. The number of rotatable bonds is 8. The zero-order valence-electron chi connectivity index (χ0n) is 9.64. The SMILES string of the molecule is N[C@H](CCC(=O)N[C@@H](CS(=O)(=O)O)C(=O)O)C(=O)O. The number of amides is 1. The molecular weight excluding hydrogens is 284 g/mol. The van der Waals surface area contributed by atoms with E-state index in [1.165, 1.54) is 0 Å². The molecule has 0 radical (unpaired) electrons. The second kappa shape index (κ2) is 7.01. The first-order valence-corrected chi connectivity index (χ1v) is 6.59. The summed E-state index contributed by atoms with van der Waals surface area (Å²) in [6.07, 6.45) is -0.623. The number of carboxylic acids is 2. The highest BCUT2D eigenvalue weighted by molar-refractivity contribution is 7.85. The summed E-state index contributed by atoms with van der Waals surface area (Å²) in [6, 6.07) is -3.10. The first kappa shape index (κ1) is 17.3. The van der Waals surface area contributed by atoms with Crippen LogP contribution in [-0.4, -0.2) is 58.9 Å². The fourth-order valence-electron chi connectivity index (χ4n) is 1.06. The van der Waals surface area contributed by atoms with Crippen molar-refractivity contribution in [3.8, 4) is 0 Å². The maximum atomic E-state index is 11.3. The van der Waals surface area contributed by atoms with Gasteiger partial charge in [0.05, 0.1) is 0 Å². The van der Waals surface area contributed by atoms with Gasteiger partial charge in [-0.1, -0.05) is 0 Å². The lowest BCUT2D eigenvalue weighted by atomic mass is 10.1. The maximum absolute atomic E-state index is 11.3. The maximum Gasteiger partial charge on any atom is 0.327 e. The molecule has 0 aromatic carbocycles. The summed E-state index contributed by atoms with van der Waals surface area (Å²) in [5, 5.41) is 18.9. The van der Waals surface area contributed by atoms with E-state index in [-0.39, 0.29) is 12.8 Å². The molecule has 10 nitrogen and oxygen atoms in total. The van der Waals surface area contributed by atoms with Crippen LogP contribution < -0.4 is 11.1 Å². The van der Waals surface area contributed by atoms with Crippen molar-refractivity contribution >= 4 is 28.0 Å². The molecule has 1 amide bonds. The first-order chi connectivity index (χ1) is 8.53. The third kappa shape index (κ3) is 8.07. The van der Waals surface area contributed by atoms with Crippen molar-refractivity contribution in [3.05, 3.63) is 0 Å². The summed E-state index contributed by atoms with van der Waals surface area (Å²) < 4.78 is 29.6. The predicted molar refractivity (Wildman–Crippen MR) is 60.8 cm³/mol. The fourth-order valence-corrected chi connectivity index (χ4v) is 1.71. The van der Waals surface area contributed by atoms with Crippen LogP contribution in [0.2, 0.25) is 0 Å². The molecule has 110 valence electrons. The van der Waals surface area contributed by atoms with E-state index in [0.29, 0.717) is 0 Å². The van der Waals surface area contributed by atoms with E-state index < -0.39 is 45.8 Å². The van der Waals surface area contributed by atoms with Crippen LogP contribution in [0, 0.1) is 0 Å². The number of hydrogen-bond acceptors (Lipinski definition) is 6. The fraction of sp³-hybridized carbons (Fsp3) is 0.625. The van der Waals surface area contributed by atoms with Gasteiger partial charge in [-0.25, -0.2) is 4.79 Å². The molecule has 0 bridgehead atoms. The third-order valence-electron chi connectivity index (χ3n) is 2.01. The van der Waals surface area contributed by atoms with Gasteiger partial charge in [-0.2, -0.15) is 8.42 Å². The van der Waals surface area contributed by atoms with E-state index in [1.807, 2.05) is 5.32 Å². The van der Waals surface area contributed by atoms with E-state index in [4.69, 9.17) is 20.5 Å². The Kier molecular flexibility index (Phi) is 6.38. The molecule has 11 heteroatoms. The van der Waals surface area contributed by atoms with Gasteiger partial charge in [0.1, 0.15) is 17.8 Å². The van der Waals surface area contributed by atoms with Crippen LogP contribution in [0.15, 0.2) is 0 Å². The molecule has 0 aromatic heterocycles. The standard InChI is InChI=1S/C8H14N2O8S/c9-4(7(12)13)1-2-6(11)10-5(8(14)15)3-19(16,17)18/h4-5H,1-3,9H2,(H,10,11)(H,12,13)(H,14,15)(H,16,17,18)/t4-,5+/m1/s1. The minimum atomic E-state index is -4.57. The highest BCUT2D eigenvalue weighted by atomic mass is 32.2. The molecule has 0 saturated heterocycles. The highest BCUT2D eigenvalue weighted by Gasteiger charge is 2.26. The van der Waals surface area contributed by atoms with Crippen molar-refractivity contribution in [2.45, 2.75) is 24.9 Å². The van der Waals surface area contributed by atoms with Gasteiger partial charge in [0.2, 0.25) is 5.91 Å². The quantitative estimate of drug-likeness (QED) is 0.305. The summed E-state index contributed by atoms with van der Waals surface area (Å²) in [6.45, 7) is 0. The summed E-state index contributed by atoms with van der Waals surface area (Å²) >= 11 is 0. The Morgan fingerprint density at radius 1 is 1.16 bits per heavy atom. The van der Waals surface area contributed by atoms with Gasteiger partial charge in [0.25, 0.3) is 10.1 Å². The van der Waals surface area contributed by atoms with Crippen molar-refractivity contribution in [2.24, 2.45) is 5.73 Å². The minimum absolute atomic E-state index is 0.237. The van der Waals surface area contributed by atoms with Crippen LogP contribution >= 0.6 is 0 Å². The van der Waals surface area contributed by atoms with Gasteiger partial charge in [-0.05, 0) is 6.42 Å². The Hall–Kier alpha value is -1.72. The van der Waals surface area contributed by atoms with Gasteiger partial charge in [-0.15, -0.1) is 0 Å². The van der Waals surface area contributed by atoms with E-state index in [0.717, 1.165) is 0 Å². The first-order valence-electron chi connectivity index (χ1n) is 4.98. The lowest BCUT2D eigenvalue weighted by Crippen LogP contribution is -2.45. The normalized spacial score (nSPS) is 14.4. The lowest BCUT2D eigenvalue weighted by molar-refractivity contribution is -0.142. The highest BCUT2D eigenvalue weighted by Crippen LogP contribution is 1.98. The second-order valence-electron chi connectivity index (χ2n) is 3.69. The molecule has 0 aliphatic rings. The van der Waals surface area contributed by atoms with Gasteiger partial charge < -0.3 is 21.3 Å². The number of hydrogen-bond donors (Lipinski definition) is 5. The molecule has 0 heterocycles. The Labute approximate surface area is 108 Å². The molecular formula is C8H14N2O8S. The number of carboxylic acid groups (broad SMARTS) is 2. The van der Waals surface area contributed by atoms with E-state index in [9.17, 15) is 22.8 Å². The van der Waals surface area contributed by atoms with Crippen LogP contribution in [0.1, 0.15) is 12.8 Å². The van der Waals surface area contributed by atoms with Gasteiger partial charge >= 0.3 is 11.9 Å². The minimum Gasteiger partial charge on any atom is -0.480 e. The van der Waals surface area contributed by atoms with Crippen LogP contribution in [0.3, 0.4) is 0 Å². The Bertz CT molecular complexity index is 459. The molecule has 2 atom stereocenters. The zero-order chi connectivity index (χ0) is 15.2. The van der Waals surface area contributed by atoms with Crippen LogP contribution in [-0.2, 0) is 24.5 Å². The summed E-state index contributed by atoms with van der Waals surface area (Å²) in [7, 11) is -4.57. The Balaban J connectivity index is 4.41. The van der Waals surface area contributed by atoms with Crippen LogP contribution in [0.25, 0.3) is 0 Å². The van der Waals surface area contributed by atoms with Crippen molar-refractivity contribution in [1.29, 1.82) is 0 Å². The smallest absolute Gasteiger partial charge is 0.327 e. The van der Waals surface area contributed by atoms with Gasteiger partial charge in [0.15, 0.2) is 0 Å². The van der Waals surface area contributed by atoms with Crippen molar-refractivity contribution in [2.75, 3.05) is 5.75 Å². The number of carbonyl (C=O) groups excluding carboxylic acids is 1. The topological polar surface area (TPSA) is 184 Å². The molecule has 0 fully saturated rings. The summed E-state index contributed by atoms with van der Waals surface area (Å²) in [4.78, 5) is 32.3. The number of carbonyl (C=O) groups is 3. The molecule has 0 aliphatic carbocycles. The number of nitrogens with two attached hydrogens (primary N) is 1. The molecule has 0 rings (SSSR count). The summed E-state index contributed by atoms with van der Waals surface area (Å²) in [5.74, 6) is -5.03. The second-order valence-corrected chi connectivity index (χ2v) is 5.19. The average molecular weight is 298 g/mol. The van der Waals surface area contributed by atoms with E-state index >= 15 is 0 Å². The molecule has 0 aromatic rings. The predicted octanol–water partition coefficient (Wildman–Crippen LogP) is -2.36. The molecule has 19 heavy (non-hydrogen) atoms. The average Bonchev–Trinajstić information content (AvgIpc) is 2.22. The molecule has 0 spiro atoms. The van der Waals surface area contributed by atoms with Crippen LogP contribution in [0.5, 0.6) is 0 Å². The van der Waals surface area contributed by atoms with Crippen LogP contribution in [0.4, 0.5) is 0 Å². The molecule has 0 aliphatic heterocycles.